The molecule has 3 atom stereocenters. The lowest BCUT2D eigenvalue weighted by molar-refractivity contribution is -0.148. The van der Waals surface area contributed by atoms with Gasteiger partial charge in [-0.3, -0.25) is 19.4 Å². The van der Waals surface area contributed by atoms with Gasteiger partial charge in [0.1, 0.15) is 12.1 Å². The third-order valence-electron chi connectivity index (χ3n) is 3.74. The molecule has 0 aromatic rings. The predicted octanol–water partition coefficient (Wildman–Crippen LogP) is -0.685. The second kappa shape index (κ2) is 8.09. The summed E-state index contributed by atoms with van der Waals surface area (Å²) in [6, 6.07) is -1.86. The van der Waals surface area contributed by atoms with Crippen LogP contribution in [0.5, 0.6) is 0 Å². The molecule has 22 heavy (non-hydrogen) atoms. The maximum Gasteiger partial charge on any atom is 0.322 e. The summed E-state index contributed by atoms with van der Waals surface area (Å²) in [5, 5.41) is 15.9. The minimum Gasteiger partial charge on any atom is -0.480 e. The van der Waals surface area contributed by atoms with Crippen molar-refractivity contribution in [3.63, 3.8) is 0 Å². The largest absolute Gasteiger partial charge is 0.480 e. The fourth-order valence-corrected chi connectivity index (χ4v) is 2.49. The molecule has 0 radical (unpaired) electrons. The Morgan fingerprint density at radius 3 is 2.41 bits per heavy atom. The molecule has 2 amide bonds. The van der Waals surface area contributed by atoms with Gasteiger partial charge in [0.25, 0.3) is 5.91 Å². The number of carbonyl (C=O) groups excluding carboxylic acids is 2. The Bertz CT molecular complexity index is 427. The second-order valence-electron chi connectivity index (χ2n) is 5.89. The number of hydrogen-bond donors (Lipinski definition) is 4. The fourth-order valence-electron chi connectivity index (χ4n) is 2.49. The number of nitrogens with one attached hydrogen (secondary N) is 3. The highest BCUT2D eigenvalue weighted by Crippen LogP contribution is 2.09. The van der Waals surface area contributed by atoms with E-state index in [9.17, 15) is 14.4 Å². The zero-order valence-corrected chi connectivity index (χ0v) is 13.5. The smallest absolute Gasteiger partial charge is 0.322 e. The molecule has 3 unspecified atom stereocenters. The molecule has 1 heterocycles. The van der Waals surface area contributed by atoms with Crippen molar-refractivity contribution in [1.29, 1.82) is 0 Å². The van der Waals surface area contributed by atoms with E-state index in [1.807, 2.05) is 13.8 Å². The van der Waals surface area contributed by atoms with E-state index in [1.54, 1.807) is 14.0 Å². The molecule has 8 nitrogen and oxygen atoms in total. The first kappa shape index (κ1) is 18.4. The van der Waals surface area contributed by atoms with Crippen LogP contribution in [-0.4, -0.2) is 59.6 Å². The minimum absolute atomic E-state index is 0.0943. The Kier molecular flexibility index (Phi) is 6.76. The van der Waals surface area contributed by atoms with Gasteiger partial charge in [0.15, 0.2) is 0 Å². The van der Waals surface area contributed by atoms with E-state index >= 15 is 0 Å². The van der Waals surface area contributed by atoms with Crippen LogP contribution < -0.4 is 16.1 Å². The molecule has 0 saturated carbocycles. The Morgan fingerprint density at radius 2 is 1.91 bits per heavy atom. The zero-order chi connectivity index (χ0) is 16.9. The van der Waals surface area contributed by atoms with Crippen LogP contribution >= 0.6 is 0 Å². The molecule has 1 rings (SSSR count). The predicted molar refractivity (Wildman–Crippen MR) is 80.8 cm³/mol. The van der Waals surface area contributed by atoms with Crippen LogP contribution in [0.2, 0.25) is 0 Å². The van der Waals surface area contributed by atoms with Crippen LogP contribution in [0.4, 0.5) is 0 Å². The van der Waals surface area contributed by atoms with Crippen molar-refractivity contribution in [3.8, 4) is 0 Å². The van der Waals surface area contributed by atoms with Crippen LogP contribution in [0.1, 0.15) is 33.6 Å². The maximum absolute atomic E-state index is 12.3. The van der Waals surface area contributed by atoms with Crippen LogP contribution in [0.25, 0.3) is 0 Å². The first-order chi connectivity index (χ1) is 10.3. The lowest BCUT2D eigenvalue weighted by atomic mass is 10.0. The maximum atomic E-state index is 12.3. The number of nitrogens with zero attached hydrogens (tertiary/aromatic N) is 1. The summed E-state index contributed by atoms with van der Waals surface area (Å²) in [6.45, 7) is 5.86. The summed E-state index contributed by atoms with van der Waals surface area (Å²) >= 11 is 0. The Balaban J connectivity index is 2.61. The summed E-state index contributed by atoms with van der Waals surface area (Å²) in [5.74, 6) is -1.47. The van der Waals surface area contributed by atoms with E-state index in [-0.39, 0.29) is 23.8 Å². The zero-order valence-electron chi connectivity index (χ0n) is 13.5. The average molecular weight is 314 g/mol. The van der Waals surface area contributed by atoms with Crippen molar-refractivity contribution >= 4 is 17.8 Å². The van der Waals surface area contributed by atoms with Gasteiger partial charge in [0, 0.05) is 6.54 Å². The molecule has 126 valence electrons. The van der Waals surface area contributed by atoms with Crippen molar-refractivity contribution in [2.45, 2.75) is 51.7 Å². The monoisotopic (exact) mass is 314 g/mol. The minimum atomic E-state index is -0.982. The Labute approximate surface area is 130 Å². The van der Waals surface area contributed by atoms with Gasteiger partial charge >= 0.3 is 5.97 Å². The van der Waals surface area contributed by atoms with E-state index in [2.05, 4.69) is 16.1 Å². The number of aliphatic carboxylic acids is 1. The van der Waals surface area contributed by atoms with Crippen molar-refractivity contribution in [2.24, 2.45) is 5.92 Å². The first-order valence-electron chi connectivity index (χ1n) is 7.56. The molecule has 0 spiro atoms. The van der Waals surface area contributed by atoms with Gasteiger partial charge in [-0.2, -0.15) is 0 Å². The summed E-state index contributed by atoms with van der Waals surface area (Å²) in [6.07, 6.45) is 1.09. The highest BCUT2D eigenvalue weighted by Gasteiger charge is 2.31. The average Bonchev–Trinajstić information content (AvgIpc) is 2.46. The number of hydrazine groups is 1. The molecule has 1 saturated heterocycles. The lowest BCUT2D eigenvalue weighted by Crippen LogP contribution is -2.60. The van der Waals surface area contributed by atoms with Crippen LogP contribution in [0.3, 0.4) is 0 Å². The molecule has 1 fully saturated rings. The van der Waals surface area contributed by atoms with Gasteiger partial charge < -0.3 is 15.7 Å². The van der Waals surface area contributed by atoms with E-state index < -0.39 is 18.1 Å². The molecule has 0 aliphatic carbocycles. The van der Waals surface area contributed by atoms with Gasteiger partial charge in [-0.05, 0) is 32.7 Å². The van der Waals surface area contributed by atoms with E-state index in [1.165, 1.54) is 5.01 Å². The molecule has 0 aromatic heterocycles. The molecule has 0 bridgehead atoms. The number of likely N-dealkylation sites (N-methyl/N-ethyl adjacent to an activating group) is 1. The Morgan fingerprint density at radius 1 is 1.27 bits per heavy atom. The first-order valence-corrected chi connectivity index (χ1v) is 7.56. The molecule has 0 aromatic carbocycles. The van der Waals surface area contributed by atoms with Crippen molar-refractivity contribution in [2.75, 3.05) is 13.6 Å². The molecule has 4 N–H and O–H groups in total. The number of carbonyl (C=O) groups is 3. The SMILES string of the molecule is CNC(C(=O)NC(C)C(=O)N1CCCC(C(=O)O)N1)C(C)C. The van der Waals surface area contributed by atoms with Crippen molar-refractivity contribution < 1.29 is 19.5 Å². The standard InChI is InChI=1S/C14H26N4O4/c1-8(2)11(15-4)12(19)16-9(3)13(20)18-7-5-6-10(17-18)14(21)22/h8-11,15,17H,5-7H2,1-4H3,(H,16,19)(H,21,22). The van der Waals surface area contributed by atoms with Gasteiger partial charge in [0.05, 0.1) is 6.04 Å². The Hall–Kier alpha value is -1.67. The molecular weight excluding hydrogens is 288 g/mol. The van der Waals surface area contributed by atoms with Crippen LogP contribution in [-0.2, 0) is 14.4 Å². The van der Waals surface area contributed by atoms with Gasteiger partial charge in [-0.15, -0.1) is 0 Å². The molecule has 1 aliphatic rings. The van der Waals surface area contributed by atoms with Crippen LogP contribution in [0.15, 0.2) is 0 Å². The topological polar surface area (TPSA) is 111 Å². The summed E-state index contributed by atoms with van der Waals surface area (Å²) < 4.78 is 0. The van der Waals surface area contributed by atoms with E-state index in [4.69, 9.17) is 5.11 Å². The molecule has 1 aliphatic heterocycles. The van der Waals surface area contributed by atoms with E-state index in [0.717, 1.165) is 0 Å². The van der Waals surface area contributed by atoms with Gasteiger partial charge in [-0.1, -0.05) is 13.8 Å². The number of rotatable bonds is 6. The van der Waals surface area contributed by atoms with Crippen LogP contribution in [0, 0.1) is 5.92 Å². The van der Waals surface area contributed by atoms with Crippen molar-refractivity contribution in [3.05, 3.63) is 0 Å². The summed E-state index contributed by atoms with van der Waals surface area (Å²) in [4.78, 5) is 35.4. The normalized spacial score (nSPS) is 21.3. The number of carboxylic acids is 1. The van der Waals surface area contributed by atoms with Crippen molar-refractivity contribution in [1.82, 2.24) is 21.1 Å². The summed E-state index contributed by atoms with van der Waals surface area (Å²) in [5.41, 5.74) is 2.69. The fraction of sp³-hybridized carbons (Fsp3) is 0.786. The molecule has 8 heteroatoms. The second-order valence-corrected chi connectivity index (χ2v) is 5.89. The highest BCUT2D eigenvalue weighted by molar-refractivity contribution is 5.89. The van der Waals surface area contributed by atoms with E-state index in [0.29, 0.717) is 19.4 Å². The van der Waals surface area contributed by atoms with Gasteiger partial charge in [-0.25, -0.2) is 5.43 Å². The number of carboxylic acid groups (broad SMARTS) is 1. The number of hydrogen-bond acceptors (Lipinski definition) is 5. The lowest BCUT2D eigenvalue weighted by Gasteiger charge is -2.34. The summed E-state index contributed by atoms with van der Waals surface area (Å²) in [7, 11) is 1.69. The quantitative estimate of drug-likeness (QED) is 0.517. The third-order valence-corrected chi connectivity index (χ3v) is 3.74. The number of amides is 2. The molecular formula is C14H26N4O4. The van der Waals surface area contributed by atoms with Gasteiger partial charge in [0.2, 0.25) is 5.91 Å². The third kappa shape index (κ3) is 4.67. The highest BCUT2D eigenvalue weighted by atomic mass is 16.4.